The Balaban J connectivity index is 1.39. The number of rotatable bonds is 2. The molecule has 2 bridgehead atoms. The van der Waals surface area contributed by atoms with Crippen molar-refractivity contribution in [2.45, 2.75) is 18.9 Å². The van der Waals surface area contributed by atoms with Crippen LogP contribution < -0.4 is 16.1 Å². The fraction of sp³-hybridized carbons (Fsp3) is 0.231. The third-order valence-corrected chi connectivity index (χ3v) is 6.65. The van der Waals surface area contributed by atoms with Gasteiger partial charge in [-0.25, -0.2) is 4.79 Å². The van der Waals surface area contributed by atoms with Crippen molar-refractivity contribution in [3.8, 4) is 11.3 Å². The molecule has 6 rings (SSSR count). The van der Waals surface area contributed by atoms with Crippen molar-refractivity contribution < 1.29 is 4.42 Å². The van der Waals surface area contributed by atoms with Crippen LogP contribution >= 0.6 is 0 Å². The zero-order chi connectivity index (χ0) is 20.9. The summed E-state index contributed by atoms with van der Waals surface area (Å²) in [6.45, 7) is 2.56. The number of hydrogen-bond acceptors (Lipinski definition) is 4. The normalized spacial score (nSPS) is 19.9. The lowest BCUT2D eigenvalue weighted by atomic mass is 9.83. The smallest absolute Gasteiger partial charge is 0.344 e. The third-order valence-electron chi connectivity index (χ3n) is 6.65. The average Bonchev–Trinajstić information content (AvgIpc) is 2.80. The number of anilines is 1. The maximum atomic E-state index is 12.6. The summed E-state index contributed by atoms with van der Waals surface area (Å²) >= 11 is 0. The highest BCUT2D eigenvalue weighted by Gasteiger charge is 2.34. The quantitative estimate of drug-likeness (QED) is 0.496. The largest absolute Gasteiger partial charge is 0.422 e. The molecule has 0 N–H and O–H groups in total. The molecule has 0 amide bonds. The molecule has 2 aromatic carbocycles. The van der Waals surface area contributed by atoms with Gasteiger partial charge in [-0.2, -0.15) is 0 Å². The van der Waals surface area contributed by atoms with Crippen LogP contribution in [0.2, 0.25) is 0 Å². The van der Waals surface area contributed by atoms with E-state index in [-0.39, 0.29) is 11.2 Å². The Morgan fingerprint density at radius 3 is 2.58 bits per heavy atom. The lowest BCUT2D eigenvalue weighted by molar-refractivity contribution is 0.281. The molecule has 2 atom stereocenters. The van der Waals surface area contributed by atoms with Crippen molar-refractivity contribution in [3.05, 3.63) is 99.3 Å². The Morgan fingerprint density at radius 2 is 1.71 bits per heavy atom. The number of piperidine rings is 1. The number of hydrogen-bond donors (Lipinski definition) is 0. The van der Waals surface area contributed by atoms with Gasteiger partial charge in [-0.3, -0.25) is 4.79 Å². The van der Waals surface area contributed by atoms with Gasteiger partial charge >= 0.3 is 5.63 Å². The van der Waals surface area contributed by atoms with Crippen molar-refractivity contribution in [2.24, 2.45) is 5.92 Å². The Kier molecular flexibility index (Phi) is 4.10. The van der Waals surface area contributed by atoms with Gasteiger partial charge in [0.15, 0.2) is 0 Å². The van der Waals surface area contributed by atoms with E-state index in [1.165, 1.54) is 0 Å². The number of benzene rings is 2. The first-order chi connectivity index (χ1) is 15.2. The van der Waals surface area contributed by atoms with Crippen LogP contribution in [0.5, 0.6) is 0 Å². The van der Waals surface area contributed by atoms with Gasteiger partial charge in [-0.1, -0.05) is 36.4 Å². The topological polar surface area (TPSA) is 55.5 Å². The molecular weight excluding hydrogens is 388 g/mol. The lowest BCUT2D eigenvalue weighted by Gasteiger charge is -2.43. The van der Waals surface area contributed by atoms with E-state index < -0.39 is 0 Å². The van der Waals surface area contributed by atoms with Gasteiger partial charge in [-0.15, -0.1) is 0 Å². The van der Waals surface area contributed by atoms with E-state index in [2.05, 4.69) is 17.0 Å². The summed E-state index contributed by atoms with van der Waals surface area (Å²) in [4.78, 5) is 27.3. The van der Waals surface area contributed by atoms with Crippen LogP contribution in [0.4, 0.5) is 5.69 Å². The molecule has 4 heterocycles. The molecule has 0 spiro atoms. The van der Waals surface area contributed by atoms with E-state index in [1.54, 1.807) is 6.07 Å². The number of pyridine rings is 1. The van der Waals surface area contributed by atoms with Crippen LogP contribution in [-0.4, -0.2) is 17.7 Å². The highest BCUT2D eigenvalue weighted by Crippen LogP contribution is 2.37. The van der Waals surface area contributed by atoms with Crippen LogP contribution in [-0.2, 0) is 6.54 Å². The highest BCUT2D eigenvalue weighted by atomic mass is 16.4. The molecule has 1 saturated heterocycles. The molecule has 5 nitrogen and oxygen atoms in total. The Bertz CT molecular complexity index is 1400. The first kappa shape index (κ1) is 18.2. The third kappa shape index (κ3) is 3.08. The Hall–Kier alpha value is -3.60. The van der Waals surface area contributed by atoms with Gasteiger partial charge < -0.3 is 13.9 Å². The second-order valence-corrected chi connectivity index (χ2v) is 8.64. The average molecular weight is 410 g/mol. The maximum absolute atomic E-state index is 12.6. The fourth-order valence-corrected chi connectivity index (χ4v) is 5.23. The van der Waals surface area contributed by atoms with Crippen molar-refractivity contribution in [3.63, 3.8) is 0 Å². The summed E-state index contributed by atoms with van der Waals surface area (Å²) in [6.07, 6.45) is 1.12. The summed E-state index contributed by atoms with van der Waals surface area (Å²) in [7, 11) is 0. The summed E-state index contributed by atoms with van der Waals surface area (Å²) in [5, 5.41) is 1.48. The van der Waals surface area contributed by atoms with Gasteiger partial charge in [0, 0.05) is 48.6 Å². The zero-order valence-corrected chi connectivity index (χ0v) is 17.0. The van der Waals surface area contributed by atoms with E-state index >= 15 is 0 Å². The number of nitrogens with zero attached hydrogens (tertiary/aromatic N) is 2. The van der Waals surface area contributed by atoms with E-state index in [9.17, 15) is 9.59 Å². The molecule has 1 fully saturated rings. The molecule has 0 radical (unpaired) electrons. The highest BCUT2D eigenvalue weighted by molar-refractivity contribution is 5.87. The monoisotopic (exact) mass is 410 g/mol. The molecule has 5 heteroatoms. The van der Waals surface area contributed by atoms with Crippen molar-refractivity contribution in [2.75, 3.05) is 18.0 Å². The van der Waals surface area contributed by atoms with Gasteiger partial charge in [0.2, 0.25) is 0 Å². The van der Waals surface area contributed by atoms with Crippen molar-refractivity contribution in [1.82, 2.24) is 4.57 Å². The lowest BCUT2D eigenvalue weighted by Crippen LogP contribution is -2.47. The second kappa shape index (κ2) is 6.98. The molecule has 154 valence electrons. The summed E-state index contributed by atoms with van der Waals surface area (Å²) in [6, 6.07) is 23.2. The molecule has 2 aliphatic rings. The molecule has 0 aliphatic carbocycles. The second-order valence-electron chi connectivity index (χ2n) is 8.64. The minimum Gasteiger partial charge on any atom is -0.422 e. The van der Waals surface area contributed by atoms with Crippen LogP contribution in [0.1, 0.15) is 18.0 Å². The molecule has 0 saturated carbocycles. The summed E-state index contributed by atoms with van der Waals surface area (Å²) < 4.78 is 7.52. The van der Waals surface area contributed by atoms with Crippen LogP contribution in [0.3, 0.4) is 0 Å². The van der Waals surface area contributed by atoms with E-state index in [1.807, 2.05) is 59.2 Å². The number of aromatic nitrogens is 1. The predicted octanol–water partition coefficient (Wildman–Crippen LogP) is 4.25. The molecule has 2 aliphatic heterocycles. The van der Waals surface area contributed by atoms with Crippen molar-refractivity contribution >= 4 is 16.5 Å². The maximum Gasteiger partial charge on any atom is 0.344 e. The van der Waals surface area contributed by atoms with Gasteiger partial charge in [0.05, 0.1) is 5.39 Å². The Morgan fingerprint density at radius 1 is 0.839 bits per heavy atom. The molecule has 2 unspecified atom stereocenters. The van der Waals surface area contributed by atoms with E-state index in [0.717, 1.165) is 48.4 Å². The molecule has 31 heavy (non-hydrogen) atoms. The molecule has 4 aromatic rings. The zero-order valence-electron chi connectivity index (χ0n) is 17.0. The first-order valence-corrected chi connectivity index (χ1v) is 10.7. The first-order valence-electron chi connectivity index (χ1n) is 10.7. The van der Waals surface area contributed by atoms with Crippen LogP contribution in [0, 0.1) is 5.92 Å². The minimum absolute atomic E-state index is 0.103. The van der Waals surface area contributed by atoms with Crippen molar-refractivity contribution in [1.29, 1.82) is 0 Å². The summed E-state index contributed by atoms with van der Waals surface area (Å²) in [5.41, 5.74) is 2.93. The van der Waals surface area contributed by atoms with Gasteiger partial charge in [0.1, 0.15) is 5.76 Å². The fourth-order valence-electron chi connectivity index (χ4n) is 5.23. The van der Waals surface area contributed by atoms with Crippen LogP contribution in [0.25, 0.3) is 22.1 Å². The van der Waals surface area contributed by atoms with Crippen LogP contribution in [0.15, 0.2) is 86.8 Å². The predicted molar refractivity (Wildman–Crippen MR) is 122 cm³/mol. The minimum atomic E-state index is -0.313. The van der Waals surface area contributed by atoms with Gasteiger partial charge in [0.25, 0.3) is 5.56 Å². The van der Waals surface area contributed by atoms with E-state index in [4.69, 9.17) is 4.42 Å². The SMILES string of the molecule is O=c1oc(-c2ccccc2)cc2cc(N3CC4CC(C3)c3cccc(=O)n3C4)ccc12. The number of fused-ring (bicyclic) bond motifs is 5. The molecule has 2 aromatic heterocycles. The molecular formula is C26H22N2O3. The summed E-state index contributed by atoms with van der Waals surface area (Å²) in [5.74, 6) is 1.37. The van der Waals surface area contributed by atoms with Gasteiger partial charge in [-0.05, 0) is 48.1 Å². The Labute approximate surface area is 179 Å². The standard InChI is InChI=1S/C26H22N2O3/c29-25-8-4-7-23-20-11-17(15-28(23)25)14-27(16-20)21-9-10-22-19(12-21)13-24(31-26(22)30)18-5-2-1-3-6-18/h1-10,12-13,17,20H,11,14-16H2. The van der Waals surface area contributed by atoms with E-state index in [0.29, 0.717) is 23.0 Å².